The van der Waals surface area contributed by atoms with Crippen molar-refractivity contribution >= 4 is 12.4 Å². The minimum atomic E-state index is -0.965. The zero-order chi connectivity index (χ0) is 13.1. The highest BCUT2D eigenvalue weighted by atomic mass is 16.4. The first-order chi connectivity index (χ1) is 7.88. The molecule has 0 aliphatic heterocycles. The van der Waals surface area contributed by atoms with E-state index in [1.54, 1.807) is 0 Å². The Hall–Kier alpha value is -1.06. The fraction of sp³-hybridized carbons (Fsp3) is 0.846. The van der Waals surface area contributed by atoms with Gasteiger partial charge in [-0.15, -0.1) is 0 Å². The van der Waals surface area contributed by atoms with Crippen molar-refractivity contribution < 1.29 is 14.7 Å². The van der Waals surface area contributed by atoms with Gasteiger partial charge in [0.2, 0.25) is 6.41 Å². The van der Waals surface area contributed by atoms with Gasteiger partial charge in [-0.05, 0) is 37.5 Å². The van der Waals surface area contributed by atoms with Gasteiger partial charge in [-0.25, -0.2) is 4.79 Å². The van der Waals surface area contributed by atoms with Crippen molar-refractivity contribution in [3.8, 4) is 0 Å². The van der Waals surface area contributed by atoms with Gasteiger partial charge in [0.25, 0.3) is 0 Å². The predicted molar refractivity (Wildman–Crippen MR) is 65.7 cm³/mol. The van der Waals surface area contributed by atoms with E-state index in [1.807, 2.05) is 6.92 Å². The third-order valence-corrected chi connectivity index (χ3v) is 3.97. The Morgan fingerprint density at radius 3 is 2.18 bits per heavy atom. The number of rotatable bonds is 5. The lowest BCUT2D eigenvalue weighted by molar-refractivity contribution is -0.159. The van der Waals surface area contributed by atoms with E-state index in [4.69, 9.17) is 0 Å². The number of hydrogen-bond acceptors (Lipinski definition) is 2. The number of amides is 1. The maximum Gasteiger partial charge on any atom is 0.329 e. The molecule has 0 aromatic carbocycles. The lowest BCUT2D eigenvalue weighted by Gasteiger charge is -2.45. The molecule has 1 aliphatic rings. The van der Waals surface area contributed by atoms with E-state index in [2.05, 4.69) is 13.8 Å². The maximum atomic E-state index is 11.6. The second-order valence-corrected chi connectivity index (χ2v) is 5.80. The molecule has 1 N–H and O–H groups in total. The highest BCUT2D eigenvalue weighted by Crippen LogP contribution is 2.42. The number of carbonyl (C=O) groups is 2. The maximum absolute atomic E-state index is 11.6. The molecule has 0 unspecified atom stereocenters. The van der Waals surface area contributed by atoms with Crippen LogP contribution in [0, 0.1) is 5.41 Å². The van der Waals surface area contributed by atoms with Gasteiger partial charge >= 0.3 is 5.97 Å². The zero-order valence-electron chi connectivity index (χ0n) is 11.0. The van der Waals surface area contributed by atoms with E-state index in [-0.39, 0.29) is 5.41 Å². The average Bonchev–Trinajstić information content (AvgIpc) is 2.26. The molecule has 1 saturated carbocycles. The largest absolute Gasteiger partial charge is 0.479 e. The molecule has 1 fully saturated rings. The Morgan fingerprint density at radius 1 is 1.29 bits per heavy atom. The first kappa shape index (κ1) is 14.0. The normalized spacial score (nSPS) is 21.8. The second-order valence-electron chi connectivity index (χ2n) is 5.80. The highest BCUT2D eigenvalue weighted by molar-refractivity contribution is 5.81. The second kappa shape index (κ2) is 5.07. The topological polar surface area (TPSA) is 57.6 Å². The van der Waals surface area contributed by atoms with E-state index in [0.29, 0.717) is 25.8 Å². The lowest BCUT2D eigenvalue weighted by Crippen LogP contribution is -2.57. The molecule has 1 amide bonds. The van der Waals surface area contributed by atoms with Gasteiger partial charge in [0.15, 0.2) is 0 Å². The molecular formula is C13H23NO3. The molecule has 0 heterocycles. The van der Waals surface area contributed by atoms with Crippen LogP contribution in [-0.2, 0) is 9.59 Å². The molecule has 4 nitrogen and oxygen atoms in total. The Labute approximate surface area is 103 Å². The molecule has 1 rings (SSSR count). The van der Waals surface area contributed by atoms with E-state index >= 15 is 0 Å². The van der Waals surface area contributed by atoms with Gasteiger partial charge in [0, 0.05) is 6.54 Å². The van der Waals surface area contributed by atoms with Crippen LogP contribution in [-0.4, -0.2) is 34.5 Å². The Bertz CT molecular complexity index is 289. The van der Waals surface area contributed by atoms with Crippen LogP contribution in [0.15, 0.2) is 0 Å². The number of carbonyl (C=O) groups excluding carboxylic acids is 1. The molecule has 0 saturated heterocycles. The summed E-state index contributed by atoms with van der Waals surface area (Å²) in [4.78, 5) is 24.2. The van der Waals surface area contributed by atoms with Gasteiger partial charge in [-0.3, -0.25) is 4.79 Å². The van der Waals surface area contributed by atoms with Crippen molar-refractivity contribution in [3.05, 3.63) is 0 Å². The van der Waals surface area contributed by atoms with Crippen molar-refractivity contribution in [2.75, 3.05) is 6.54 Å². The number of carboxylic acid groups (broad SMARTS) is 1. The Morgan fingerprint density at radius 2 is 1.82 bits per heavy atom. The van der Waals surface area contributed by atoms with Gasteiger partial charge in [0.05, 0.1) is 0 Å². The van der Waals surface area contributed by atoms with Crippen LogP contribution in [0.2, 0.25) is 0 Å². The van der Waals surface area contributed by atoms with Crippen molar-refractivity contribution in [3.63, 3.8) is 0 Å². The first-order valence-electron chi connectivity index (χ1n) is 6.33. The fourth-order valence-electron chi connectivity index (χ4n) is 2.57. The van der Waals surface area contributed by atoms with Gasteiger partial charge in [-0.1, -0.05) is 20.8 Å². The number of hydrogen-bond donors (Lipinski definition) is 1. The molecule has 17 heavy (non-hydrogen) atoms. The van der Waals surface area contributed by atoms with Gasteiger partial charge in [0.1, 0.15) is 5.54 Å². The highest BCUT2D eigenvalue weighted by Gasteiger charge is 2.47. The summed E-state index contributed by atoms with van der Waals surface area (Å²) in [5, 5.41) is 9.49. The molecule has 0 atom stereocenters. The van der Waals surface area contributed by atoms with E-state index in [0.717, 1.165) is 19.3 Å². The summed E-state index contributed by atoms with van der Waals surface area (Å²) in [5.74, 6) is -0.853. The van der Waals surface area contributed by atoms with E-state index < -0.39 is 11.5 Å². The Balaban J connectivity index is 2.91. The molecule has 0 aromatic heterocycles. The third kappa shape index (κ3) is 2.79. The summed E-state index contributed by atoms with van der Waals surface area (Å²) in [5.41, 5.74) is -0.771. The van der Waals surface area contributed by atoms with Gasteiger partial charge in [-0.2, -0.15) is 0 Å². The van der Waals surface area contributed by atoms with Crippen LogP contribution in [0.5, 0.6) is 0 Å². The molecule has 0 spiro atoms. The first-order valence-corrected chi connectivity index (χ1v) is 6.33. The fourth-order valence-corrected chi connectivity index (χ4v) is 2.57. The van der Waals surface area contributed by atoms with Crippen LogP contribution in [0.3, 0.4) is 0 Å². The molecule has 98 valence electrons. The molecule has 0 radical (unpaired) electrons. The Kier molecular flexibility index (Phi) is 4.17. The third-order valence-electron chi connectivity index (χ3n) is 3.97. The summed E-state index contributed by atoms with van der Waals surface area (Å²) in [6.45, 7) is 6.79. The molecule has 1 aliphatic carbocycles. The van der Waals surface area contributed by atoms with Crippen LogP contribution in [0.25, 0.3) is 0 Å². The quantitative estimate of drug-likeness (QED) is 0.751. The smallest absolute Gasteiger partial charge is 0.329 e. The summed E-state index contributed by atoms with van der Waals surface area (Å²) in [7, 11) is 0. The van der Waals surface area contributed by atoms with Crippen molar-refractivity contribution in [1.29, 1.82) is 0 Å². The van der Waals surface area contributed by atoms with Crippen LogP contribution >= 0.6 is 0 Å². The number of nitrogens with zero attached hydrogens (tertiary/aromatic N) is 1. The minimum absolute atomic E-state index is 0.194. The van der Waals surface area contributed by atoms with Gasteiger partial charge < -0.3 is 10.0 Å². The lowest BCUT2D eigenvalue weighted by atomic mass is 9.68. The van der Waals surface area contributed by atoms with Crippen LogP contribution in [0.4, 0.5) is 0 Å². The summed E-state index contributed by atoms with van der Waals surface area (Å²) in [6, 6.07) is 0. The van der Waals surface area contributed by atoms with E-state index in [1.165, 1.54) is 4.90 Å². The molecule has 0 aromatic rings. The van der Waals surface area contributed by atoms with Crippen LogP contribution in [0.1, 0.15) is 52.9 Å². The van der Waals surface area contributed by atoms with Crippen molar-refractivity contribution in [2.45, 2.75) is 58.4 Å². The minimum Gasteiger partial charge on any atom is -0.479 e. The van der Waals surface area contributed by atoms with E-state index in [9.17, 15) is 14.7 Å². The SMILES string of the molecule is CCCN(C=O)C1(C(=O)O)CCC(C)(C)CC1. The van der Waals surface area contributed by atoms with Crippen LogP contribution < -0.4 is 0 Å². The molecule has 0 bridgehead atoms. The molecule has 4 heteroatoms. The summed E-state index contributed by atoms with van der Waals surface area (Å²) in [6.07, 6.45) is 4.33. The monoisotopic (exact) mass is 241 g/mol. The number of aliphatic carboxylic acids is 1. The number of carboxylic acids is 1. The predicted octanol–water partition coefficient (Wildman–Crippen LogP) is 2.28. The summed E-state index contributed by atoms with van der Waals surface area (Å²) < 4.78 is 0. The molecular weight excluding hydrogens is 218 g/mol. The van der Waals surface area contributed by atoms with Crippen molar-refractivity contribution in [2.24, 2.45) is 5.41 Å². The van der Waals surface area contributed by atoms with Crippen molar-refractivity contribution in [1.82, 2.24) is 4.90 Å². The zero-order valence-corrected chi connectivity index (χ0v) is 11.0. The summed E-state index contributed by atoms with van der Waals surface area (Å²) >= 11 is 0. The average molecular weight is 241 g/mol. The standard InChI is InChI=1S/C13H23NO3/c1-4-9-14(10-15)13(11(16)17)7-5-12(2,3)6-8-13/h10H,4-9H2,1-3H3,(H,16,17).